The fourth-order valence-corrected chi connectivity index (χ4v) is 12.3. The molecule has 2 rings (SSSR count). The molecule has 0 aliphatic carbocycles. The van der Waals surface area contributed by atoms with Gasteiger partial charge in [-0.2, -0.15) is 0 Å². The number of hydrogen-bond acceptors (Lipinski definition) is 22. The van der Waals surface area contributed by atoms with Crippen LogP contribution in [0.3, 0.4) is 0 Å². The van der Waals surface area contributed by atoms with Gasteiger partial charge in [0.05, 0.1) is 31.7 Å². The Balaban J connectivity index is 2.08. The lowest BCUT2D eigenvalue weighted by Gasteiger charge is -2.27. The molecule has 1 heterocycles. The highest BCUT2D eigenvalue weighted by atomic mass is 33.1. The predicted octanol–water partition coefficient (Wildman–Crippen LogP) is 2.20. The Kier molecular flexibility index (Phi) is 46.4. The fourth-order valence-electron chi connectivity index (χ4n) is 10.0. The van der Waals surface area contributed by atoms with Crippen molar-refractivity contribution < 1.29 is 67.0 Å². The van der Waals surface area contributed by atoms with Crippen LogP contribution in [0.5, 0.6) is 5.75 Å². The van der Waals surface area contributed by atoms with Gasteiger partial charge in [0.25, 0.3) is 5.91 Å². The van der Waals surface area contributed by atoms with Gasteiger partial charge in [0.15, 0.2) is 0 Å². The van der Waals surface area contributed by atoms with E-state index in [9.17, 15) is 57.5 Å². The third kappa shape index (κ3) is 42.0. The number of Topliss-reactive ketones (excluding diaryl/α,β-unsaturated/α-hetero) is 1. The second-order valence-corrected chi connectivity index (χ2v) is 29.3. The van der Waals surface area contributed by atoms with Gasteiger partial charge in [-0.05, 0) is 172 Å². The first-order valence-electron chi connectivity index (χ1n) is 35.2. The Labute approximate surface area is 618 Å². The van der Waals surface area contributed by atoms with E-state index < -0.39 is 36.2 Å². The minimum atomic E-state index is -1.03. The zero-order valence-corrected chi connectivity index (χ0v) is 65.1. The lowest BCUT2D eigenvalue weighted by molar-refractivity contribution is -0.140. The second kappa shape index (κ2) is 52.3. The number of ether oxygens (including phenoxy) is 2. The number of benzene rings is 1. The zero-order chi connectivity index (χ0) is 76.8. The Bertz CT molecular complexity index is 2870. The molecule has 31 nitrogen and oxygen atoms in total. The average molecular weight is 1490 g/mol. The Morgan fingerprint density at radius 2 is 0.971 bits per heavy atom. The van der Waals surface area contributed by atoms with Gasteiger partial charge in [0.1, 0.15) is 36.3 Å². The van der Waals surface area contributed by atoms with Crippen LogP contribution in [0.15, 0.2) is 47.6 Å². The smallest absolute Gasteiger partial charge is 0.415 e. The van der Waals surface area contributed by atoms with Gasteiger partial charge < -0.3 is 90.8 Å². The maximum Gasteiger partial charge on any atom is 0.415 e. The highest BCUT2D eigenvalue weighted by Crippen LogP contribution is 2.34. The molecule has 0 fully saturated rings. The second-order valence-electron chi connectivity index (χ2n) is 26.8. The highest BCUT2D eigenvalue weighted by molar-refractivity contribution is 8.76. The van der Waals surface area contributed by atoms with Gasteiger partial charge >= 0.3 is 12.2 Å². The number of likely N-dealkylation sites (N-methyl/N-ethyl adjacent to an activating group) is 7. The minimum absolute atomic E-state index is 0.0193. The molecule has 103 heavy (non-hydrogen) atoms. The molecule has 0 aliphatic heterocycles. The molecule has 0 aliphatic rings. The first-order chi connectivity index (χ1) is 48.9. The molecule has 0 unspecified atom stereocenters. The summed E-state index contributed by atoms with van der Waals surface area (Å²) in [6.45, 7) is 5.13. The van der Waals surface area contributed by atoms with Crippen LogP contribution < -0.4 is 42.0 Å². The third-order valence-corrected chi connectivity index (χ3v) is 18.1. The van der Waals surface area contributed by atoms with E-state index in [1.165, 1.54) is 56.5 Å². The van der Waals surface area contributed by atoms with Crippen molar-refractivity contribution in [3.63, 3.8) is 0 Å². The maximum absolute atomic E-state index is 14.7. The summed E-state index contributed by atoms with van der Waals surface area (Å²) < 4.78 is 10.9. The van der Waals surface area contributed by atoms with Gasteiger partial charge in [-0.3, -0.25) is 52.9 Å². The van der Waals surface area contributed by atoms with Crippen molar-refractivity contribution in [3.05, 3.63) is 53.9 Å². The van der Waals surface area contributed by atoms with E-state index in [0.29, 0.717) is 124 Å². The number of ketones is 1. The summed E-state index contributed by atoms with van der Waals surface area (Å²) in [6, 6.07) is 5.67. The van der Waals surface area contributed by atoms with E-state index in [1.54, 1.807) is 132 Å². The molecule has 0 bridgehead atoms. The van der Waals surface area contributed by atoms with Crippen LogP contribution in [0.4, 0.5) is 9.59 Å². The number of pyridine rings is 1. The molecule has 2 aromatic rings. The SMILES string of the molecule is CC(=O)C[C@@H](C(=O)NCCCN(C)C(=O)OCc1ccc(OC(=O)N(C)CCN(C)C)cc1)N(C)C(=O)CCCCCSSc1ccncc1C(=O)N(CCCNC(=O)[C@H](CCCCNC(=O)CN(C)C)NC(=O)CN(C)C)CCCNC(=O)[C@H](CCCCNC(=O)CN(C)C)NC(=O)CN(C)C. The summed E-state index contributed by atoms with van der Waals surface area (Å²) in [5, 5.41) is 20.1. The van der Waals surface area contributed by atoms with Gasteiger partial charge in [-0.1, -0.05) is 40.1 Å². The van der Waals surface area contributed by atoms with Crippen LogP contribution in [-0.4, -0.2) is 327 Å². The topological polar surface area (TPSA) is 350 Å². The number of unbranched alkanes of at least 4 members (excludes halogenated alkanes) is 4. The van der Waals surface area contributed by atoms with Gasteiger partial charge in [-0.25, -0.2) is 9.59 Å². The number of amides is 11. The van der Waals surface area contributed by atoms with E-state index in [2.05, 4.69) is 42.2 Å². The number of hydrogen-bond donors (Lipinski definition) is 7. The number of carbonyl (C=O) groups is 12. The number of aromatic nitrogens is 1. The number of rotatable bonds is 53. The summed E-state index contributed by atoms with van der Waals surface area (Å²) in [6.07, 6.45) is 7.87. The van der Waals surface area contributed by atoms with Crippen LogP contribution in [0.1, 0.15) is 113 Å². The summed E-state index contributed by atoms with van der Waals surface area (Å²) in [4.78, 5) is 176. The van der Waals surface area contributed by atoms with Gasteiger partial charge in [-0.15, -0.1) is 0 Å². The molecule has 7 N–H and O–H groups in total. The molecule has 0 saturated carbocycles. The van der Waals surface area contributed by atoms with E-state index in [-0.39, 0.29) is 138 Å². The van der Waals surface area contributed by atoms with E-state index in [4.69, 9.17) is 9.47 Å². The third-order valence-electron chi connectivity index (χ3n) is 15.6. The van der Waals surface area contributed by atoms with Gasteiger partial charge in [0.2, 0.25) is 47.3 Å². The quantitative estimate of drug-likeness (QED) is 0.0369. The van der Waals surface area contributed by atoms with Gasteiger partial charge in [0, 0.05) is 122 Å². The minimum Gasteiger partial charge on any atom is -0.445 e. The molecule has 0 spiro atoms. The average Bonchev–Trinajstić information content (AvgIpc) is 0.848. The highest BCUT2D eigenvalue weighted by Gasteiger charge is 2.29. The van der Waals surface area contributed by atoms with Crippen LogP contribution in [0, 0.1) is 0 Å². The van der Waals surface area contributed by atoms with Crippen LogP contribution in [-0.2, 0) is 54.5 Å². The fraction of sp³-hybridized carbons (Fsp3) is 0.671. The van der Waals surface area contributed by atoms with Crippen LogP contribution in [0.25, 0.3) is 0 Å². The van der Waals surface area contributed by atoms with Crippen molar-refractivity contribution in [2.75, 3.05) is 189 Å². The first-order valence-corrected chi connectivity index (χ1v) is 37.6. The number of nitrogens with one attached hydrogen (secondary N) is 7. The largest absolute Gasteiger partial charge is 0.445 e. The predicted molar refractivity (Wildman–Crippen MR) is 400 cm³/mol. The molecule has 580 valence electrons. The van der Waals surface area contributed by atoms with Crippen molar-refractivity contribution in [2.24, 2.45) is 0 Å². The molecule has 33 heteroatoms. The summed E-state index contributed by atoms with van der Waals surface area (Å²) in [7, 11) is 25.7. The van der Waals surface area contributed by atoms with Crippen LogP contribution in [0.2, 0.25) is 0 Å². The van der Waals surface area contributed by atoms with Crippen molar-refractivity contribution >= 4 is 92.7 Å². The van der Waals surface area contributed by atoms with Crippen molar-refractivity contribution in [1.82, 2.24) is 86.3 Å². The molecule has 0 radical (unpaired) electrons. The summed E-state index contributed by atoms with van der Waals surface area (Å²) in [5.41, 5.74) is 1.03. The lowest BCUT2D eigenvalue weighted by Crippen LogP contribution is -2.49. The Hall–Kier alpha value is -7.69. The van der Waals surface area contributed by atoms with E-state index >= 15 is 0 Å². The number of carbonyl (C=O) groups excluding carboxylic acids is 12. The van der Waals surface area contributed by atoms with Crippen LogP contribution >= 0.6 is 21.6 Å². The molecular weight excluding hydrogens is 1370 g/mol. The molecule has 1 aromatic carbocycles. The van der Waals surface area contributed by atoms with E-state index in [0.717, 1.165) is 6.42 Å². The summed E-state index contributed by atoms with van der Waals surface area (Å²) in [5.74, 6) is -2.01. The number of nitrogens with zero attached hydrogens (tertiary/aromatic N) is 10. The van der Waals surface area contributed by atoms with Crippen molar-refractivity contribution in [2.45, 2.75) is 126 Å². The zero-order valence-electron chi connectivity index (χ0n) is 63.5. The molecule has 3 atom stereocenters. The molecular formula is C70H119N17O14S2. The molecule has 0 saturated heterocycles. The Morgan fingerprint density at radius 3 is 1.48 bits per heavy atom. The maximum atomic E-state index is 14.7. The molecule has 1 aromatic heterocycles. The summed E-state index contributed by atoms with van der Waals surface area (Å²) >= 11 is 0. The van der Waals surface area contributed by atoms with E-state index in [1.807, 2.05) is 19.0 Å². The Morgan fingerprint density at radius 1 is 0.485 bits per heavy atom. The molecule has 11 amide bonds. The normalized spacial score (nSPS) is 12.1. The van der Waals surface area contributed by atoms with Crippen molar-refractivity contribution in [1.29, 1.82) is 0 Å². The standard InChI is InChI=1S/C70H119N17O14S2/c1-52(88)45-58(67(96)76-35-22-39-84(12)69(98)100-51-53-28-30-54(31-29-53)101-70(99)85(13)43-42-79(2)3)86(14)64(93)27-16-15-21-44-102-103-59-32-38-71-46-55(59)68(97)87(40-23-36-74-65(94)56(77-62(91)49-82(8)9)25-17-19-33-72-60(89)47-80(4)5)41-24-37-75-66(95)57(78-63(92)50-83(10)11)26-18-20-34-73-61(90)48-81(6)7/h28-32,38,46,56-58H,15-27,33-37,39-45,47-51H2,1-14H3,(H,72,89)(H,73,90)(H,74,94)(H,75,95)(H,76,96)(H,77,91)(H,78,92)/t56-,57-,58-/m0/s1. The van der Waals surface area contributed by atoms with Crippen molar-refractivity contribution in [3.8, 4) is 5.75 Å². The first kappa shape index (κ1) is 91.4. The lowest BCUT2D eigenvalue weighted by atomic mass is 10.1. The monoisotopic (exact) mass is 1490 g/mol.